The lowest BCUT2D eigenvalue weighted by atomic mass is 10.1. The van der Waals surface area contributed by atoms with Crippen LogP contribution in [-0.2, 0) is 0 Å². The van der Waals surface area contributed by atoms with E-state index in [0.29, 0.717) is 11.7 Å². The van der Waals surface area contributed by atoms with Gasteiger partial charge in [0.05, 0.1) is 5.02 Å². The van der Waals surface area contributed by atoms with Crippen molar-refractivity contribution in [1.29, 1.82) is 0 Å². The van der Waals surface area contributed by atoms with Gasteiger partial charge in [-0.25, -0.2) is 9.78 Å². The van der Waals surface area contributed by atoms with E-state index in [0.717, 1.165) is 12.5 Å². The van der Waals surface area contributed by atoms with Crippen molar-refractivity contribution < 1.29 is 9.90 Å². The SMILES string of the molecule is CC1CCC(CNc2ccc(Cl)c(C(=O)O)n2)C1. The van der Waals surface area contributed by atoms with Gasteiger partial charge >= 0.3 is 5.97 Å². The highest BCUT2D eigenvalue weighted by molar-refractivity contribution is 6.33. The Labute approximate surface area is 111 Å². The first-order valence-corrected chi connectivity index (χ1v) is 6.57. The summed E-state index contributed by atoms with van der Waals surface area (Å²) < 4.78 is 0. The van der Waals surface area contributed by atoms with Crippen LogP contribution in [0, 0.1) is 11.8 Å². The van der Waals surface area contributed by atoms with Gasteiger partial charge in [-0.05, 0) is 36.8 Å². The van der Waals surface area contributed by atoms with Crippen LogP contribution in [0.25, 0.3) is 0 Å². The van der Waals surface area contributed by atoms with E-state index in [1.165, 1.54) is 19.3 Å². The molecule has 1 aromatic heterocycles. The summed E-state index contributed by atoms with van der Waals surface area (Å²) in [5.41, 5.74) is -0.0959. The van der Waals surface area contributed by atoms with Crippen LogP contribution in [0.4, 0.5) is 5.82 Å². The van der Waals surface area contributed by atoms with E-state index in [-0.39, 0.29) is 10.7 Å². The first-order chi connectivity index (χ1) is 8.56. The monoisotopic (exact) mass is 268 g/mol. The molecular weight excluding hydrogens is 252 g/mol. The summed E-state index contributed by atoms with van der Waals surface area (Å²) >= 11 is 5.77. The number of rotatable bonds is 4. The fourth-order valence-electron chi connectivity index (χ4n) is 2.45. The molecule has 1 fully saturated rings. The number of aromatic nitrogens is 1. The molecule has 18 heavy (non-hydrogen) atoms. The molecule has 0 amide bonds. The van der Waals surface area contributed by atoms with Crippen LogP contribution in [0.2, 0.25) is 5.02 Å². The summed E-state index contributed by atoms with van der Waals surface area (Å²) in [4.78, 5) is 14.9. The molecule has 1 heterocycles. The van der Waals surface area contributed by atoms with Crippen LogP contribution in [0.15, 0.2) is 12.1 Å². The number of aromatic carboxylic acids is 1. The third-order valence-electron chi connectivity index (χ3n) is 3.42. The summed E-state index contributed by atoms with van der Waals surface area (Å²) in [6.07, 6.45) is 3.74. The number of carboxylic acid groups (broad SMARTS) is 1. The highest BCUT2D eigenvalue weighted by Gasteiger charge is 2.21. The number of pyridine rings is 1. The average Bonchev–Trinajstić information content (AvgIpc) is 2.74. The van der Waals surface area contributed by atoms with Gasteiger partial charge in [-0.3, -0.25) is 0 Å². The lowest BCUT2D eigenvalue weighted by molar-refractivity contribution is 0.0691. The van der Waals surface area contributed by atoms with Crippen molar-refractivity contribution in [3.63, 3.8) is 0 Å². The number of hydrogen-bond donors (Lipinski definition) is 2. The third-order valence-corrected chi connectivity index (χ3v) is 3.73. The van der Waals surface area contributed by atoms with Gasteiger partial charge in [0.2, 0.25) is 0 Å². The number of halogens is 1. The van der Waals surface area contributed by atoms with E-state index >= 15 is 0 Å². The Balaban J connectivity index is 1.97. The number of hydrogen-bond acceptors (Lipinski definition) is 3. The minimum atomic E-state index is -1.10. The Bertz CT molecular complexity index is 451. The predicted molar refractivity (Wildman–Crippen MR) is 71.2 cm³/mol. The van der Waals surface area contributed by atoms with Gasteiger partial charge < -0.3 is 10.4 Å². The number of carboxylic acids is 1. The second-order valence-electron chi connectivity index (χ2n) is 5.00. The molecule has 1 aliphatic rings. The molecule has 0 spiro atoms. The lowest BCUT2D eigenvalue weighted by Crippen LogP contribution is -2.13. The fourth-order valence-corrected chi connectivity index (χ4v) is 2.64. The van der Waals surface area contributed by atoms with Gasteiger partial charge in [0.25, 0.3) is 0 Å². The number of nitrogens with one attached hydrogen (secondary N) is 1. The van der Waals surface area contributed by atoms with E-state index in [1.807, 2.05) is 0 Å². The smallest absolute Gasteiger partial charge is 0.356 e. The standard InChI is InChI=1S/C13H17ClN2O2/c1-8-2-3-9(6-8)7-15-11-5-4-10(14)12(16-11)13(17)18/h4-5,8-9H,2-3,6-7H2,1H3,(H,15,16)(H,17,18). The maximum Gasteiger partial charge on any atom is 0.356 e. The van der Waals surface area contributed by atoms with E-state index in [4.69, 9.17) is 16.7 Å². The second-order valence-corrected chi connectivity index (χ2v) is 5.40. The molecule has 2 atom stereocenters. The van der Waals surface area contributed by atoms with Crippen molar-refractivity contribution in [2.75, 3.05) is 11.9 Å². The average molecular weight is 269 g/mol. The van der Waals surface area contributed by atoms with Gasteiger partial charge in [-0.1, -0.05) is 24.9 Å². The van der Waals surface area contributed by atoms with E-state index in [9.17, 15) is 4.79 Å². The minimum absolute atomic E-state index is 0.0959. The predicted octanol–water partition coefficient (Wildman–Crippen LogP) is 3.28. The Kier molecular flexibility index (Phi) is 4.07. The Morgan fingerprint density at radius 2 is 2.33 bits per heavy atom. The summed E-state index contributed by atoms with van der Waals surface area (Å²) in [5, 5.41) is 12.3. The van der Waals surface area contributed by atoms with Crippen molar-refractivity contribution in [2.24, 2.45) is 11.8 Å². The van der Waals surface area contributed by atoms with Crippen molar-refractivity contribution >= 4 is 23.4 Å². The zero-order valence-electron chi connectivity index (χ0n) is 10.3. The largest absolute Gasteiger partial charge is 0.476 e. The third kappa shape index (κ3) is 3.13. The van der Waals surface area contributed by atoms with Crippen LogP contribution >= 0.6 is 11.6 Å². The molecule has 0 saturated heterocycles. The highest BCUT2D eigenvalue weighted by atomic mass is 35.5. The van der Waals surface area contributed by atoms with Gasteiger partial charge in [0.15, 0.2) is 5.69 Å². The number of carbonyl (C=O) groups is 1. The molecule has 1 aliphatic carbocycles. The molecule has 4 nitrogen and oxygen atoms in total. The molecule has 0 bridgehead atoms. The van der Waals surface area contributed by atoms with Crippen molar-refractivity contribution in [3.05, 3.63) is 22.8 Å². The van der Waals surface area contributed by atoms with Crippen LogP contribution in [0.3, 0.4) is 0 Å². The van der Waals surface area contributed by atoms with Crippen LogP contribution < -0.4 is 5.32 Å². The molecule has 0 aromatic carbocycles. The molecule has 2 rings (SSSR count). The summed E-state index contributed by atoms with van der Waals surface area (Å²) in [6, 6.07) is 3.28. The van der Waals surface area contributed by atoms with Gasteiger partial charge in [0, 0.05) is 6.54 Å². The molecule has 1 saturated carbocycles. The molecular formula is C13H17ClN2O2. The zero-order chi connectivity index (χ0) is 13.1. The minimum Gasteiger partial charge on any atom is -0.476 e. The first-order valence-electron chi connectivity index (χ1n) is 6.20. The van der Waals surface area contributed by atoms with Crippen molar-refractivity contribution in [2.45, 2.75) is 26.2 Å². The fraction of sp³-hybridized carbons (Fsp3) is 0.538. The molecule has 2 N–H and O–H groups in total. The number of anilines is 1. The first kappa shape index (κ1) is 13.1. The second kappa shape index (κ2) is 5.57. The maximum absolute atomic E-state index is 10.9. The number of nitrogens with zero attached hydrogens (tertiary/aromatic N) is 1. The quantitative estimate of drug-likeness (QED) is 0.880. The van der Waals surface area contributed by atoms with Gasteiger partial charge in [-0.2, -0.15) is 0 Å². The van der Waals surface area contributed by atoms with E-state index in [2.05, 4.69) is 17.2 Å². The maximum atomic E-state index is 10.9. The molecule has 0 aliphatic heterocycles. The summed E-state index contributed by atoms with van der Waals surface area (Å²) in [6.45, 7) is 3.11. The Morgan fingerprint density at radius 3 is 2.94 bits per heavy atom. The molecule has 98 valence electrons. The molecule has 5 heteroatoms. The van der Waals surface area contributed by atoms with E-state index < -0.39 is 5.97 Å². The summed E-state index contributed by atoms with van der Waals surface area (Å²) in [7, 11) is 0. The van der Waals surface area contributed by atoms with Gasteiger partial charge in [-0.15, -0.1) is 0 Å². The van der Waals surface area contributed by atoms with Gasteiger partial charge in [0.1, 0.15) is 5.82 Å². The molecule has 2 unspecified atom stereocenters. The Morgan fingerprint density at radius 1 is 1.56 bits per heavy atom. The normalized spacial score (nSPS) is 23.0. The zero-order valence-corrected chi connectivity index (χ0v) is 11.1. The Hall–Kier alpha value is -1.29. The van der Waals surface area contributed by atoms with Crippen LogP contribution in [-0.4, -0.2) is 22.6 Å². The molecule has 1 aromatic rings. The van der Waals surface area contributed by atoms with Crippen LogP contribution in [0.5, 0.6) is 0 Å². The topological polar surface area (TPSA) is 62.2 Å². The summed E-state index contributed by atoms with van der Waals surface area (Å²) in [5.74, 6) is 0.935. The highest BCUT2D eigenvalue weighted by Crippen LogP contribution is 2.30. The van der Waals surface area contributed by atoms with Crippen LogP contribution in [0.1, 0.15) is 36.7 Å². The molecule has 0 radical (unpaired) electrons. The van der Waals surface area contributed by atoms with Crippen molar-refractivity contribution in [1.82, 2.24) is 4.98 Å². The van der Waals surface area contributed by atoms with Crippen molar-refractivity contribution in [3.8, 4) is 0 Å². The van der Waals surface area contributed by atoms with E-state index in [1.54, 1.807) is 12.1 Å². The lowest BCUT2D eigenvalue weighted by Gasteiger charge is -2.12.